The number of urea groups is 1. The van der Waals surface area contributed by atoms with E-state index in [-0.39, 0.29) is 12.0 Å². The van der Waals surface area contributed by atoms with Crippen molar-refractivity contribution in [2.75, 3.05) is 43.0 Å². The second-order valence-corrected chi connectivity index (χ2v) is 7.52. The van der Waals surface area contributed by atoms with Gasteiger partial charge in [-0.25, -0.2) is 14.6 Å². The minimum absolute atomic E-state index is 0.109. The summed E-state index contributed by atoms with van der Waals surface area (Å²) in [6, 6.07) is 15.2. The second-order valence-electron chi connectivity index (χ2n) is 7.52. The zero-order chi connectivity index (χ0) is 22.3. The highest BCUT2D eigenvalue weighted by molar-refractivity contribution is 5.90. The third-order valence-corrected chi connectivity index (χ3v) is 5.37. The van der Waals surface area contributed by atoms with Crippen molar-refractivity contribution in [3.63, 3.8) is 0 Å². The van der Waals surface area contributed by atoms with Gasteiger partial charge in [0.2, 0.25) is 0 Å². The predicted molar refractivity (Wildman–Crippen MR) is 123 cm³/mol. The fourth-order valence-electron chi connectivity index (χ4n) is 3.71. The molecule has 32 heavy (non-hydrogen) atoms. The number of aromatic nitrogens is 2. The van der Waals surface area contributed by atoms with Crippen molar-refractivity contribution in [1.82, 2.24) is 14.5 Å². The Morgan fingerprint density at radius 2 is 1.88 bits per heavy atom. The van der Waals surface area contributed by atoms with Gasteiger partial charge in [0.15, 0.2) is 0 Å². The van der Waals surface area contributed by atoms with Crippen LogP contribution < -0.4 is 10.2 Å². The normalized spacial score (nSPS) is 14.0. The summed E-state index contributed by atoms with van der Waals surface area (Å²) in [5, 5.41) is 3.02. The molecular weight excluding hydrogens is 406 g/mol. The molecule has 0 bridgehead atoms. The van der Waals surface area contributed by atoms with Gasteiger partial charge in [0, 0.05) is 56.1 Å². The average Bonchev–Trinajstić information content (AvgIpc) is 3.24. The highest BCUT2D eigenvalue weighted by Gasteiger charge is 2.20. The summed E-state index contributed by atoms with van der Waals surface area (Å²) in [6.07, 6.45) is 6.31. The van der Waals surface area contributed by atoms with Crippen LogP contribution in [0.3, 0.4) is 0 Å². The molecule has 1 N–H and O–H groups in total. The molecule has 166 valence electrons. The van der Waals surface area contributed by atoms with Crippen LogP contribution in [0.4, 0.5) is 16.3 Å². The number of hydrogen-bond donors (Lipinski definition) is 1. The lowest BCUT2D eigenvalue weighted by Gasteiger charge is -2.23. The molecule has 0 radical (unpaired) electrons. The quantitative estimate of drug-likeness (QED) is 0.620. The Balaban J connectivity index is 1.35. The van der Waals surface area contributed by atoms with E-state index < -0.39 is 0 Å². The van der Waals surface area contributed by atoms with E-state index in [4.69, 9.17) is 4.74 Å². The zero-order valence-electron chi connectivity index (χ0n) is 18.1. The Morgan fingerprint density at radius 3 is 2.62 bits per heavy atom. The monoisotopic (exact) mass is 433 g/mol. The largest absolute Gasteiger partial charge is 0.462 e. The zero-order valence-corrected chi connectivity index (χ0v) is 18.1. The van der Waals surface area contributed by atoms with E-state index in [1.807, 2.05) is 64.3 Å². The number of rotatable bonds is 5. The summed E-state index contributed by atoms with van der Waals surface area (Å²) in [5.41, 5.74) is 2.19. The molecule has 8 nitrogen and oxygen atoms in total. The third kappa shape index (κ3) is 5.08. The first-order chi connectivity index (χ1) is 15.6. The minimum Gasteiger partial charge on any atom is -0.462 e. The van der Waals surface area contributed by atoms with E-state index in [1.54, 1.807) is 19.2 Å². The van der Waals surface area contributed by atoms with Gasteiger partial charge in [0.25, 0.3) is 0 Å². The van der Waals surface area contributed by atoms with Crippen LogP contribution in [-0.4, -0.2) is 59.2 Å². The van der Waals surface area contributed by atoms with E-state index >= 15 is 0 Å². The molecule has 3 aromatic rings. The molecule has 2 amide bonds. The number of nitrogens with one attached hydrogen (secondary N) is 1. The smallest absolute Gasteiger partial charge is 0.339 e. The summed E-state index contributed by atoms with van der Waals surface area (Å²) in [7, 11) is 0. The Bertz CT molecular complexity index is 1050. The molecule has 0 atom stereocenters. The average molecular weight is 434 g/mol. The van der Waals surface area contributed by atoms with Crippen molar-refractivity contribution in [3.05, 3.63) is 72.7 Å². The Kier molecular flexibility index (Phi) is 6.69. The first-order valence-corrected chi connectivity index (χ1v) is 10.8. The van der Waals surface area contributed by atoms with Gasteiger partial charge in [-0.15, -0.1) is 0 Å². The summed E-state index contributed by atoms with van der Waals surface area (Å²) in [6.45, 7) is 4.82. The van der Waals surface area contributed by atoms with Crippen LogP contribution in [0, 0.1) is 0 Å². The van der Waals surface area contributed by atoms with Crippen molar-refractivity contribution >= 4 is 23.5 Å². The highest BCUT2D eigenvalue weighted by atomic mass is 16.5. The van der Waals surface area contributed by atoms with Crippen LogP contribution in [-0.2, 0) is 4.74 Å². The van der Waals surface area contributed by atoms with Crippen LogP contribution in [0.2, 0.25) is 0 Å². The van der Waals surface area contributed by atoms with Gasteiger partial charge in [0.1, 0.15) is 5.82 Å². The summed E-state index contributed by atoms with van der Waals surface area (Å²) < 4.78 is 7.01. The summed E-state index contributed by atoms with van der Waals surface area (Å²) in [5.74, 6) is 0.422. The van der Waals surface area contributed by atoms with Crippen molar-refractivity contribution in [2.24, 2.45) is 0 Å². The van der Waals surface area contributed by atoms with E-state index in [0.717, 1.165) is 30.2 Å². The van der Waals surface area contributed by atoms with Crippen LogP contribution in [0.25, 0.3) is 5.69 Å². The van der Waals surface area contributed by atoms with Gasteiger partial charge in [-0.2, -0.15) is 0 Å². The lowest BCUT2D eigenvalue weighted by molar-refractivity contribution is 0.0526. The number of hydrogen-bond acceptors (Lipinski definition) is 5. The number of esters is 1. The van der Waals surface area contributed by atoms with Crippen molar-refractivity contribution in [2.45, 2.75) is 13.3 Å². The number of carbonyl (C=O) groups excluding carboxylic acids is 2. The van der Waals surface area contributed by atoms with E-state index in [2.05, 4.69) is 15.2 Å². The number of pyridine rings is 1. The van der Waals surface area contributed by atoms with E-state index in [1.165, 1.54) is 0 Å². The van der Waals surface area contributed by atoms with Crippen molar-refractivity contribution < 1.29 is 14.3 Å². The van der Waals surface area contributed by atoms with E-state index in [0.29, 0.717) is 31.8 Å². The van der Waals surface area contributed by atoms with Crippen LogP contribution in [0.15, 0.2) is 67.1 Å². The van der Waals surface area contributed by atoms with Gasteiger partial charge >= 0.3 is 12.0 Å². The lowest BCUT2D eigenvalue weighted by Crippen LogP contribution is -2.38. The molecule has 3 heterocycles. The minimum atomic E-state index is -0.369. The second kappa shape index (κ2) is 10.00. The molecule has 8 heteroatoms. The summed E-state index contributed by atoms with van der Waals surface area (Å²) >= 11 is 0. The molecule has 1 aromatic carbocycles. The fourth-order valence-corrected chi connectivity index (χ4v) is 3.71. The maximum atomic E-state index is 12.9. The van der Waals surface area contributed by atoms with E-state index in [9.17, 15) is 9.59 Å². The Morgan fingerprint density at radius 1 is 1.03 bits per heavy atom. The lowest BCUT2D eigenvalue weighted by atomic mass is 10.2. The standard InChI is InChI=1S/C24H27N5O3/c1-2-32-23(30)19-9-10-22(25-18-19)28-13-6-14-29(16-15-28)24(31)26-20-7-5-8-21(17-20)27-11-3-4-12-27/h3-5,7-12,17-18H,2,6,13-16H2,1H3,(H,26,31). The van der Waals surface area contributed by atoms with Gasteiger partial charge in [-0.05, 0) is 55.8 Å². The summed E-state index contributed by atoms with van der Waals surface area (Å²) in [4.78, 5) is 33.1. The fraction of sp³-hybridized carbons (Fsp3) is 0.292. The predicted octanol–water partition coefficient (Wildman–Crippen LogP) is 3.79. The number of nitrogens with zero attached hydrogens (tertiary/aromatic N) is 4. The first-order valence-electron chi connectivity index (χ1n) is 10.8. The molecule has 1 aliphatic rings. The molecule has 2 aromatic heterocycles. The molecule has 0 aliphatic carbocycles. The molecule has 1 saturated heterocycles. The number of ether oxygens (including phenoxy) is 1. The van der Waals surface area contributed by atoms with Crippen molar-refractivity contribution in [1.29, 1.82) is 0 Å². The van der Waals surface area contributed by atoms with Gasteiger partial charge in [-0.1, -0.05) is 6.07 Å². The maximum Gasteiger partial charge on any atom is 0.339 e. The topological polar surface area (TPSA) is 79.7 Å². The number of benzene rings is 1. The third-order valence-electron chi connectivity index (χ3n) is 5.37. The molecule has 1 aliphatic heterocycles. The van der Waals surface area contributed by atoms with Crippen LogP contribution >= 0.6 is 0 Å². The molecule has 0 saturated carbocycles. The van der Waals surface area contributed by atoms with Crippen LogP contribution in [0.5, 0.6) is 0 Å². The van der Waals surface area contributed by atoms with Gasteiger partial charge in [0.05, 0.1) is 12.2 Å². The Hall–Kier alpha value is -3.81. The molecule has 0 unspecified atom stereocenters. The molecule has 0 spiro atoms. The van der Waals surface area contributed by atoms with Crippen molar-refractivity contribution in [3.8, 4) is 5.69 Å². The van der Waals surface area contributed by atoms with Crippen LogP contribution in [0.1, 0.15) is 23.7 Å². The maximum absolute atomic E-state index is 12.9. The molecular formula is C24H27N5O3. The number of amides is 2. The SMILES string of the molecule is CCOC(=O)c1ccc(N2CCCN(C(=O)Nc3cccc(-n4cccc4)c3)CC2)nc1. The van der Waals surface area contributed by atoms with Gasteiger partial charge < -0.3 is 24.4 Å². The number of carbonyl (C=O) groups is 2. The van der Waals surface area contributed by atoms with Gasteiger partial charge in [-0.3, -0.25) is 0 Å². The Labute approximate surface area is 187 Å². The number of anilines is 2. The first kappa shape index (κ1) is 21.4. The molecule has 1 fully saturated rings. The highest BCUT2D eigenvalue weighted by Crippen LogP contribution is 2.18. The molecule has 4 rings (SSSR count).